The second-order valence-corrected chi connectivity index (χ2v) is 3.74. The number of hydrogen-bond donors (Lipinski definition) is 2. The van der Waals surface area contributed by atoms with Crippen LogP contribution in [0.3, 0.4) is 0 Å². The Hall–Kier alpha value is -1.69. The Labute approximate surface area is 94.9 Å². The number of aromatic nitrogens is 2. The third kappa shape index (κ3) is 4.22. The number of nitrogens with one attached hydrogen (secondary N) is 1. The van der Waals surface area contributed by atoms with Crippen molar-refractivity contribution in [3.05, 3.63) is 18.1 Å². The molecule has 88 valence electrons. The highest BCUT2D eigenvalue weighted by Gasteiger charge is 2.06. The Morgan fingerprint density at radius 2 is 2.25 bits per heavy atom. The fraction of sp³-hybridized carbons (Fsp3) is 0.500. The van der Waals surface area contributed by atoms with Gasteiger partial charge in [-0.2, -0.15) is 0 Å². The molecule has 0 fully saturated rings. The molecule has 0 unspecified atom stereocenters. The van der Waals surface area contributed by atoms with Crippen LogP contribution in [-0.4, -0.2) is 48.0 Å². The smallest absolute Gasteiger partial charge is 0.271 e. The van der Waals surface area contributed by atoms with Gasteiger partial charge in [-0.1, -0.05) is 0 Å². The third-order valence-electron chi connectivity index (χ3n) is 1.95. The van der Waals surface area contributed by atoms with Crippen LogP contribution in [0.4, 0.5) is 5.82 Å². The average molecular weight is 223 g/mol. The monoisotopic (exact) mass is 223 g/mol. The molecule has 1 aromatic rings. The Bertz CT molecular complexity index is 353. The van der Waals surface area contributed by atoms with Crippen LogP contribution < -0.4 is 11.1 Å². The van der Waals surface area contributed by atoms with Crippen LogP contribution >= 0.6 is 0 Å². The van der Waals surface area contributed by atoms with Crippen LogP contribution in [0.5, 0.6) is 0 Å². The summed E-state index contributed by atoms with van der Waals surface area (Å²) < 4.78 is 0. The molecule has 1 heterocycles. The zero-order chi connectivity index (χ0) is 12.0. The van der Waals surface area contributed by atoms with Crippen molar-refractivity contribution in [1.29, 1.82) is 0 Å². The van der Waals surface area contributed by atoms with Crippen molar-refractivity contribution in [3.63, 3.8) is 0 Å². The molecule has 0 saturated heterocycles. The zero-order valence-electron chi connectivity index (χ0n) is 9.60. The predicted molar refractivity (Wildman–Crippen MR) is 61.9 cm³/mol. The maximum Gasteiger partial charge on any atom is 0.271 e. The summed E-state index contributed by atoms with van der Waals surface area (Å²) in [6.45, 7) is 1.55. The van der Waals surface area contributed by atoms with Crippen molar-refractivity contribution < 1.29 is 4.79 Å². The normalized spacial score (nSPS) is 10.4. The van der Waals surface area contributed by atoms with Crippen molar-refractivity contribution >= 4 is 11.7 Å². The van der Waals surface area contributed by atoms with E-state index in [0.29, 0.717) is 6.54 Å². The minimum atomic E-state index is -0.237. The molecule has 1 amide bonds. The topological polar surface area (TPSA) is 84.1 Å². The number of amides is 1. The third-order valence-corrected chi connectivity index (χ3v) is 1.95. The van der Waals surface area contributed by atoms with Crippen LogP contribution in [0.2, 0.25) is 0 Å². The van der Waals surface area contributed by atoms with E-state index in [2.05, 4.69) is 20.2 Å². The van der Waals surface area contributed by atoms with Crippen molar-refractivity contribution in [3.8, 4) is 0 Å². The van der Waals surface area contributed by atoms with Crippen LogP contribution in [0.15, 0.2) is 12.4 Å². The van der Waals surface area contributed by atoms with Gasteiger partial charge in [0.05, 0.1) is 12.4 Å². The van der Waals surface area contributed by atoms with Gasteiger partial charge in [0, 0.05) is 6.54 Å². The van der Waals surface area contributed by atoms with E-state index in [1.165, 1.54) is 12.4 Å². The summed E-state index contributed by atoms with van der Waals surface area (Å²) in [5.74, 6) is 0.0134. The Morgan fingerprint density at radius 3 is 2.88 bits per heavy atom. The number of hydrogen-bond acceptors (Lipinski definition) is 5. The van der Waals surface area contributed by atoms with E-state index in [-0.39, 0.29) is 17.4 Å². The predicted octanol–water partition coefficient (Wildman–Crippen LogP) is -0.260. The lowest BCUT2D eigenvalue weighted by Gasteiger charge is -2.09. The molecule has 0 aliphatic rings. The molecule has 16 heavy (non-hydrogen) atoms. The first kappa shape index (κ1) is 12.4. The minimum Gasteiger partial charge on any atom is -0.382 e. The highest BCUT2D eigenvalue weighted by molar-refractivity contribution is 5.92. The molecular weight excluding hydrogens is 206 g/mol. The zero-order valence-corrected chi connectivity index (χ0v) is 9.60. The van der Waals surface area contributed by atoms with Gasteiger partial charge in [0.1, 0.15) is 11.5 Å². The van der Waals surface area contributed by atoms with Crippen LogP contribution in [0, 0.1) is 0 Å². The second-order valence-electron chi connectivity index (χ2n) is 3.74. The first-order valence-corrected chi connectivity index (χ1v) is 5.10. The summed E-state index contributed by atoms with van der Waals surface area (Å²) in [6.07, 6.45) is 3.70. The number of anilines is 1. The molecule has 0 spiro atoms. The first-order valence-electron chi connectivity index (χ1n) is 5.10. The minimum absolute atomic E-state index is 0.237. The van der Waals surface area contributed by atoms with Crippen molar-refractivity contribution in [2.24, 2.45) is 0 Å². The Kier molecular flexibility index (Phi) is 4.65. The summed E-state index contributed by atoms with van der Waals surface area (Å²) in [5.41, 5.74) is 5.69. The number of rotatable bonds is 5. The molecule has 0 atom stereocenters. The van der Waals surface area contributed by atoms with E-state index in [9.17, 15) is 4.79 Å². The molecular formula is C10H17N5O. The molecule has 1 aromatic heterocycles. The van der Waals surface area contributed by atoms with Gasteiger partial charge >= 0.3 is 0 Å². The summed E-state index contributed by atoms with van der Waals surface area (Å²) in [7, 11) is 3.98. The van der Waals surface area contributed by atoms with Crippen LogP contribution in [-0.2, 0) is 0 Å². The van der Waals surface area contributed by atoms with Gasteiger partial charge in [-0.3, -0.25) is 9.78 Å². The molecule has 3 N–H and O–H groups in total. The summed E-state index contributed by atoms with van der Waals surface area (Å²) >= 11 is 0. The van der Waals surface area contributed by atoms with E-state index in [0.717, 1.165) is 13.0 Å². The molecule has 6 nitrogen and oxygen atoms in total. The molecule has 0 aromatic carbocycles. The van der Waals surface area contributed by atoms with Crippen molar-refractivity contribution in [2.75, 3.05) is 32.9 Å². The fourth-order valence-corrected chi connectivity index (χ4v) is 1.18. The SMILES string of the molecule is CN(C)CCCNC(=O)c1cncc(N)n1. The maximum absolute atomic E-state index is 11.6. The number of carbonyl (C=O) groups is 1. The summed E-state index contributed by atoms with van der Waals surface area (Å²) in [6, 6.07) is 0. The fourth-order valence-electron chi connectivity index (χ4n) is 1.18. The lowest BCUT2D eigenvalue weighted by Crippen LogP contribution is -2.28. The standard InChI is InChI=1S/C10H17N5O/c1-15(2)5-3-4-13-10(16)8-6-12-7-9(11)14-8/h6-7H,3-5H2,1-2H3,(H2,11,14)(H,13,16). The number of nitrogens with two attached hydrogens (primary N) is 1. The second kappa shape index (κ2) is 6.02. The van der Waals surface area contributed by atoms with Gasteiger partial charge < -0.3 is 16.0 Å². The molecule has 0 aliphatic carbocycles. The molecule has 0 bridgehead atoms. The van der Waals surface area contributed by atoms with E-state index in [1.807, 2.05) is 14.1 Å². The maximum atomic E-state index is 11.6. The van der Waals surface area contributed by atoms with Gasteiger partial charge in [0.25, 0.3) is 5.91 Å². The largest absolute Gasteiger partial charge is 0.382 e. The van der Waals surface area contributed by atoms with Gasteiger partial charge in [-0.15, -0.1) is 0 Å². The quantitative estimate of drug-likeness (QED) is 0.672. The molecule has 0 radical (unpaired) electrons. The number of carbonyl (C=O) groups excluding carboxylic acids is 1. The van der Waals surface area contributed by atoms with Crippen molar-refractivity contribution in [2.45, 2.75) is 6.42 Å². The Balaban J connectivity index is 2.35. The van der Waals surface area contributed by atoms with E-state index >= 15 is 0 Å². The summed E-state index contributed by atoms with van der Waals surface area (Å²) in [5, 5.41) is 2.76. The highest BCUT2D eigenvalue weighted by atomic mass is 16.1. The Morgan fingerprint density at radius 1 is 1.50 bits per heavy atom. The molecule has 6 heteroatoms. The van der Waals surface area contributed by atoms with Gasteiger partial charge in [-0.05, 0) is 27.1 Å². The van der Waals surface area contributed by atoms with E-state index < -0.39 is 0 Å². The van der Waals surface area contributed by atoms with E-state index in [4.69, 9.17) is 5.73 Å². The molecule has 0 saturated carbocycles. The lowest BCUT2D eigenvalue weighted by atomic mass is 10.3. The van der Waals surface area contributed by atoms with Crippen molar-refractivity contribution in [1.82, 2.24) is 20.2 Å². The van der Waals surface area contributed by atoms with Crippen LogP contribution in [0.25, 0.3) is 0 Å². The molecule has 0 aliphatic heterocycles. The van der Waals surface area contributed by atoms with Gasteiger partial charge in [-0.25, -0.2) is 4.98 Å². The van der Waals surface area contributed by atoms with Gasteiger partial charge in [0.15, 0.2) is 0 Å². The number of nitrogens with zero attached hydrogens (tertiary/aromatic N) is 3. The summed E-state index contributed by atoms with van der Waals surface area (Å²) in [4.78, 5) is 21.3. The molecule has 1 rings (SSSR count). The van der Waals surface area contributed by atoms with Gasteiger partial charge in [0.2, 0.25) is 0 Å². The lowest BCUT2D eigenvalue weighted by molar-refractivity contribution is 0.0947. The highest BCUT2D eigenvalue weighted by Crippen LogP contribution is 1.96. The first-order chi connectivity index (χ1) is 7.59. The van der Waals surface area contributed by atoms with E-state index in [1.54, 1.807) is 0 Å². The number of nitrogen functional groups attached to an aromatic ring is 1. The van der Waals surface area contributed by atoms with Crippen LogP contribution in [0.1, 0.15) is 16.9 Å². The average Bonchev–Trinajstić information content (AvgIpc) is 2.24.